The average molecular weight is 191 g/mol. The molecule has 0 saturated carbocycles. The predicted octanol–water partition coefficient (Wildman–Crippen LogP) is 2.98. The van der Waals surface area contributed by atoms with Crippen LogP contribution < -0.4 is 0 Å². The highest BCUT2D eigenvalue weighted by molar-refractivity contribution is 7.11. The Balaban J connectivity index is 2.45. The zero-order chi connectivity index (χ0) is 9.26. The van der Waals surface area contributed by atoms with E-state index in [9.17, 15) is 0 Å². The molecule has 0 aliphatic carbocycles. The second-order valence-corrected chi connectivity index (χ2v) is 4.24. The van der Waals surface area contributed by atoms with Crippen LogP contribution in [0.4, 0.5) is 0 Å². The van der Waals surface area contributed by atoms with Crippen LogP contribution in [-0.4, -0.2) is 18.5 Å². The Morgan fingerprint density at radius 1 is 1.46 bits per heavy atom. The molecule has 0 amide bonds. The van der Waals surface area contributed by atoms with E-state index in [0.29, 0.717) is 0 Å². The van der Waals surface area contributed by atoms with Gasteiger partial charge in [-0.05, 0) is 23.9 Å². The molecule has 1 aromatic heterocycles. The van der Waals surface area contributed by atoms with Crippen molar-refractivity contribution in [2.24, 2.45) is 0 Å². The minimum absolute atomic E-state index is 1.02. The average Bonchev–Trinajstić information content (AvgIpc) is 2.57. The van der Waals surface area contributed by atoms with Crippen LogP contribution in [0, 0.1) is 0 Å². The van der Waals surface area contributed by atoms with Gasteiger partial charge in [0, 0.05) is 13.6 Å². The quantitative estimate of drug-likeness (QED) is 0.659. The third kappa shape index (κ3) is 1.54. The van der Waals surface area contributed by atoms with Gasteiger partial charge in [-0.2, -0.15) is 0 Å². The summed E-state index contributed by atoms with van der Waals surface area (Å²) < 4.78 is 0. The lowest BCUT2D eigenvalue weighted by Gasteiger charge is -2.25. The smallest absolute Gasteiger partial charge is 0.0571 e. The van der Waals surface area contributed by atoms with Crippen LogP contribution in [0.5, 0.6) is 0 Å². The Kier molecular flexibility index (Phi) is 2.23. The van der Waals surface area contributed by atoms with Crippen LogP contribution in [0.3, 0.4) is 0 Å². The summed E-state index contributed by atoms with van der Waals surface area (Å²) in [6.45, 7) is 3.19. The second kappa shape index (κ2) is 3.38. The van der Waals surface area contributed by atoms with Crippen molar-refractivity contribution in [3.63, 3.8) is 0 Å². The number of allylic oxidation sites excluding steroid dienone is 2. The number of hydrogen-bond donors (Lipinski definition) is 0. The van der Waals surface area contributed by atoms with Crippen molar-refractivity contribution in [2.75, 3.05) is 13.6 Å². The van der Waals surface area contributed by atoms with Crippen LogP contribution in [0.25, 0.3) is 5.70 Å². The minimum atomic E-state index is 1.02. The highest BCUT2D eigenvalue weighted by atomic mass is 32.1. The Hall–Kier alpha value is -1.02. The molecule has 2 rings (SSSR count). The highest BCUT2D eigenvalue weighted by Gasteiger charge is 2.12. The van der Waals surface area contributed by atoms with Gasteiger partial charge in [0.05, 0.1) is 10.6 Å². The summed E-state index contributed by atoms with van der Waals surface area (Å²) in [6, 6.07) is 4.28. The highest BCUT2D eigenvalue weighted by Crippen LogP contribution is 2.28. The lowest BCUT2D eigenvalue weighted by atomic mass is 10.1. The first-order valence-corrected chi connectivity index (χ1v) is 5.29. The van der Waals surface area contributed by atoms with Crippen molar-refractivity contribution in [3.8, 4) is 0 Å². The van der Waals surface area contributed by atoms with E-state index in [1.807, 2.05) is 0 Å². The maximum Gasteiger partial charge on any atom is 0.0571 e. The van der Waals surface area contributed by atoms with Gasteiger partial charge in [-0.25, -0.2) is 0 Å². The Morgan fingerprint density at radius 2 is 2.31 bits per heavy atom. The van der Waals surface area contributed by atoms with Crippen molar-refractivity contribution < 1.29 is 0 Å². The number of rotatable bonds is 1. The zero-order valence-corrected chi connectivity index (χ0v) is 8.77. The number of likely N-dealkylation sites (N-methyl/N-ethyl adjacent to an activating group) is 1. The van der Waals surface area contributed by atoms with E-state index >= 15 is 0 Å². The van der Waals surface area contributed by atoms with Gasteiger partial charge in [-0.3, -0.25) is 0 Å². The Bertz CT molecular complexity index is 346. The molecule has 1 aliphatic rings. The fourth-order valence-corrected chi connectivity index (χ4v) is 2.54. The van der Waals surface area contributed by atoms with Crippen LogP contribution >= 0.6 is 11.3 Å². The van der Waals surface area contributed by atoms with E-state index in [4.69, 9.17) is 0 Å². The molecule has 1 aromatic rings. The number of thiophene rings is 1. The van der Waals surface area contributed by atoms with E-state index in [-0.39, 0.29) is 0 Å². The van der Waals surface area contributed by atoms with Gasteiger partial charge >= 0.3 is 0 Å². The third-order valence-corrected chi connectivity index (χ3v) is 3.13. The van der Waals surface area contributed by atoms with E-state index in [1.54, 1.807) is 11.3 Å². The summed E-state index contributed by atoms with van der Waals surface area (Å²) in [4.78, 5) is 3.66. The molecule has 0 spiro atoms. The lowest BCUT2D eigenvalue weighted by Crippen LogP contribution is -2.19. The third-order valence-electron chi connectivity index (χ3n) is 2.26. The SMILES string of the molecule is CC1=C(c2cccs2)N(C)CC=C1. The summed E-state index contributed by atoms with van der Waals surface area (Å²) in [7, 11) is 2.14. The van der Waals surface area contributed by atoms with Gasteiger partial charge < -0.3 is 4.90 Å². The van der Waals surface area contributed by atoms with Crippen molar-refractivity contribution in [1.82, 2.24) is 4.90 Å². The molecule has 0 saturated heterocycles. The van der Waals surface area contributed by atoms with E-state index in [2.05, 4.69) is 48.5 Å². The molecule has 13 heavy (non-hydrogen) atoms. The van der Waals surface area contributed by atoms with Crippen molar-refractivity contribution in [3.05, 3.63) is 40.1 Å². The van der Waals surface area contributed by atoms with E-state index in [0.717, 1.165) is 6.54 Å². The van der Waals surface area contributed by atoms with Gasteiger partial charge in [-0.15, -0.1) is 11.3 Å². The van der Waals surface area contributed by atoms with Gasteiger partial charge in [0.2, 0.25) is 0 Å². The Labute approximate surface area is 83.0 Å². The fraction of sp³-hybridized carbons (Fsp3) is 0.273. The van der Waals surface area contributed by atoms with Crippen molar-refractivity contribution in [2.45, 2.75) is 6.92 Å². The van der Waals surface area contributed by atoms with E-state index < -0.39 is 0 Å². The van der Waals surface area contributed by atoms with Crippen LogP contribution in [-0.2, 0) is 0 Å². The molecule has 68 valence electrons. The topological polar surface area (TPSA) is 3.24 Å². The van der Waals surface area contributed by atoms with E-state index in [1.165, 1.54) is 16.1 Å². The molecule has 1 nitrogen and oxygen atoms in total. The molecule has 2 heteroatoms. The molecule has 0 aromatic carbocycles. The minimum Gasteiger partial charge on any atom is -0.370 e. The van der Waals surface area contributed by atoms with Crippen LogP contribution in [0.15, 0.2) is 35.2 Å². The molecule has 0 radical (unpaired) electrons. The maximum atomic E-state index is 2.29. The number of nitrogens with zero attached hydrogens (tertiary/aromatic N) is 1. The molecular formula is C11H13NS. The standard InChI is InChI=1S/C11H13NS/c1-9-5-3-7-12(2)11(9)10-6-4-8-13-10/h3-6,8H,7H2,1-2H3. The summed E-state index contributed by atoms with van der Waals surface area (Å²) in [5, 5.41) is 2.13. The summed E-state index contributed by atoms with van der Waals surface area (Å²) >= 11 is 1.80. The van der Waals surface area contributed by atoms with Crippen molar-refractivity contribution in [1.29, 1.82) is 0 Å². The first-order chi connectivity index (χ1) is 6.29. The largest absolute Gasteiger partial charge is 0.370 e. The van der Waals surface area contributed by atoms with Gasteiger partial charge in [-0.1, -0.05) is 18.2 Å². The van der Waals surface area contributed by atoms with Crippen LogP contribution in [0.1, 0.15) is 11.8 Å². The molecule has 1 aliphatic heterocycles. The lowest BCUT2D eigenvalue weighted by molar-refractivity contribution is 0.529. The van der Waals surface area contributed by atoms with Crippen molar-refractivity contribution >= 4 is 17.0 Å². The van der Waals surface area contributed by atoms with Gasteiger partial charge in [0.25, 0.3) is 0 Å². The Morgan fingerprint density at radius 3 is 2.92 bits per heavy atom. The first kappa shape index (κ1) is 8.57. The molecule has 2 heterocycles. The molecule has 0 atom stereocenters. The number of hydrogen-bond acceptors (Lipinski definition) is 2. The molecule has 0 fully saturated rings. The summed E-state index contributed by atoms with van der Waals surface area (Å²) in [6.07, 6.45) is 4.40. The predicted molar refractivity (Wildman–Crippen MR) is 58.7 cm³/mol. The summed E-state index contributed by atoms with van der Waals surface area (Å²) in [5.41, 5.74) is 2.73. The molecule has 0 unspecified atom stereocenters. The zero-order valence-electron chi connectivity index (χ0n) is 7.95. The monoisotopic (exact) mass is 191 g/mol. The van der Waals surface area contributed by atoms with Crippen LogP contribution in [0.2, 0.25) is 0 Å². The van der Waals surface area contributed by atoms with Gasteiger partial charge in [0.15, 0.2) is 0 Å². The molecule has 0 N–H and O–H groups in total. The first-order valence-electron chi connectivity index (χ1n) is 4.41. The molecular weight excluding hydrogens is 178 g/mol. The molecule has 0 bridgehead atoms. The van der Waals surface area contributed by atoms with Gasteiger partial charge in [0.1, 0.15) is 0 Å². The fourth-order valence-electron chi connectivity index (χ4n) is 1.65. The normalized spacial score (nSPS) is 16.9. The summed E-state index contributed by atoms with van der Waals surface area (Å²) in [5.74, 6) is 0. The second-order valence-electron chi connectivity index (χ2n) is 3.29. The maximum absolute atomic E-state index is 2.29.